The minimum Gasteiger partial charge on any atom is -0.481 e. The van der Waals surface area contributed by atoms with Crippen molar-refractivity contribution >= 4 is 12.0 Å². The Balaban J connectivity index is 1.83. The van der Waals surface area contributed by atoms with Gasteiger partial charge in [0.15, 0.2) is 0 Å². The van der Waals surface area contributed by atoms with Crippen LogP contribution in [0, 0.1) is 11.8 Å². The summed E-state index contributed by atoms with van der Waals surface area (Å²) in [5.41, 5.74) is 0. The van der Waals surface area contributed by atoms with Gasteiger partial charge >= 0.3 is 12.0 Å². The molecule has 0 aromatic rings. The number of nitrogens with zero attached hydrogens (tertiary/aromatic N) is 1. The molecule has 5 nitrogen and oxygen atoms in total. The third kappa shape index (κ3) is 3.85. The Hall–Kier alpha value is -1.26. The first-order valence-electron chi connectivity index (χ1n) is 7.34. The highest BCUT2D eigenvalue weighted by atomic mass is 16.4. The molecule has 3 atom stereocenters. The van der Waals surface area contributed by atoms with E-state index < -0.39 is 11.9 Å². The van der Waals surface area contributed by atoms with Gasteiger partial charge in [0.25, 0.3) is 0 Å². The van der Waals surface area contributed by atoms with Crippen molar-refractivity contribution in [1.29, 1.82) is 0 Å². The van der Waals surface area contributed by atoms with Crippen molar-refractivity contribution in [1.82, 2.24) is 10.2 Å². The summed E-state index contributed by atoms with van der Waals surface area (Å²) >= 11 is 0. The molecule has 2 unspecified atom stereocenters. The van der Waals surface area contributed by atoms with Gasteiger partial charge in [-0.2, -0.15) is 0 Å². The summed E-state index contributed by atoms with van der Waals surface area (Å²) in [6.45, 7) is 3.25. The van der Waals surface area contributed by atoms with Crippen LogP contribution < -0.4 is 5.32 Å². The largest absolute Gasteiger partial charge is 0.481 e. The molecule has 2 fully saturated rings. The zero-order valence-corrected chi connectivity index (χ0v) is 11.6. The molecule has 0 bridgehead atoms. The van der Waals surface area contributed by atoms with Gasteiger partial charge in [-0.1, -0.05) is 19.8 Å². The number of urea groups is 1. The van der Waals surface area contributed by atoms with E-state index in [1.165, 1.54) is 12.8 Å². The van der Waals surface area contributed by atoms with Gasteiger partial charge < -0.3 is 15.3 Å². The summed E-state index contributed by atoms with van der Waals surface area (Å²) in [6.07, 6.45) is 5.97. The molecule has 2 rings (SSSR count). The van der Waals surface area contributed by atoms with Gasteiger partial charge in [0.05, 0.1) is 5.92 Å². The van der Waals surface area contributed by atoms with Crippen LogP contribution in [0.4, 0.5) is 4.79 Å². The lowest BCUT2D eigenvalue weighted by Gasteiger charge is -2.34. The standard InChI is InChI=1S/C14H24N2O3/c1-10-4-2-6-12(8-10)15-14(19)16-7-3-5-11(9-16)13(17)18/h10-12H,2-9H2,1H3,(H,15,19)(H,17,18)/t10?,11-,12?/m1/s1. The first-order valence-corrected chi connectivity index (χ1v) is 7.34. The van der Waals surface area contributed by atoms with Crippen LogP contribution in [0.3, 0.4) is 0 Å². The second kappa shape index (κ2) is 6.26. The molecule has 108 valence electrons. The number of piperidine rings is 1. The first kappa shape index (κ1) is 14.2. The predicted molar refractivity (Wildman–Crippen MR) is 71.9 cm³/mol. The topological polar surface area (TPSA) is 69.6 Å². The Bertz CT molecular complexity index is 346. The number of hydrogen-bond donors (Lipinski definition) is 2. The van der Waals surface area contributed by atoms with Crippen LogP contribution in [-0.4, -0.2) is 41.1 Å². The summed E-state index contributed by atoms with van der Waals surface area (Å²) in [6, 6.07) is 0.187. The highest BCUT2D eigenvalue weighted by Crippen LogP contribution is 2.24. The summed E-state index contributed by atoms with van der Waals surface area (Å²) < 4.78 is 0. The molecule has 0 spiro atoms. The normalized spacial score (nSPS) is 31.8. The zero-order chi connectivity index (χ0) is 13.8. The van der Waals surface area contributed by atoms with Crippen LogP contribution in [0.5, 0.6) is 0 Å². The fourth-order valence-electron chi connectivity index (χ4n) is 3.19. The Kier molecular flexibility index (Phi) is 4.66. The van der Waals surface area contributed by atoms with Gasteiger partial charge in [-0.25, -0.2) is 4.79 Å². The molecular formula is C14H24N2O3. The maximum Gasteiger partial charge on any atom is 0.317 e. The van der Waals surface area contributed by atoms with E-state index in [0.29, 0.717) is 25.4 Å². The maximum absolute atomic E-state index is 12.2. The van der Waals surface area contributed by atoms with Gasteiger partial charge in [0.1, 0.15) is 0 Å². The van der Waals surface area contributed by atoms with E-state index in [4.69, 9.17) is 5.11 Å². The number of amides is 2. The summed E-state index contributed by atoms with van der Waals surface area (Å²) in [5, 5.41) is 12.1. The van der Waals surface area contributed by atoms with Crippen molar-refractivity contribution < 1.29 is 14.7 Å². The third-order valence-corrected chi connectivity index (χ3v) is 4.32. The van der Waals surface area contributed by atoms with Crippen molar-refractivity contribution in [2.24, 2.45) is 11.8 Å². The van der Waals surface area contributed by atoms with E-state index in [0.717, 1.165) is 19.3 Å². The molecule has 0 aromatic heterocycles. The molecule has 2 amide bonds. The minimum atomic E-state index is -0.788. The molecule has 1 aliphatic carbocycles. The van der Waals surface area contributed by atoms with E-state index in [2.05, 4.69) is 12.2 Å². The van der Waals surface area contributed by atoms with Crippen LogP contribution in [-0.2, 0) is 4.79 Å². The number of likely N-dealkylation sites (tertiary alicyclic amines) is 1. The fraction of sp³-hybridized carbons (Fsp3) is 0.857. The van der Waals surface area contributed by atoms with Crippen LogP contribution in [0.2, 0.25) is 0 Å². The quantitative estimate of drug-likeness (QED) is 0.805. The number of carboxylic acids is 1. The van der Waals surface area contributed by atoms with E-state index in [-0.39, 0.29) is 12.1 Å². The summed E-state index contributed by atoms with van der Waals surface area (Å²) in [4.78, 5) is 24.8. The Labute approximate surface area is 114 Å². The van der Waals surface area contributed by atoms with Gasteiger partial charge in [0, 0.05) is 19.1 Å². The second-order valence-electron chi connectivity index (χ2n) is 6.04. The molecule has 2 aliphatic rings. The van der Waals surface area contributed by atoms with E-state index in [1.807, 2.05) is 0 Å². The number of carbonyl (C=O) groups excluding carboxylic acids is 1. The van der Waals surface area contributed by atoms with Crippen molar-refractivity contribution in [3.05, 3.63) is 0 Å². The van der Waals surface area contributed by atoms with Gasteiger partial charge in [-0.3, -0.25) is 4.79 Å². The molecule has 0 radical (unpaired) electrons. The van der Waals surface area contributed by atoms with Crippen LogP contribution in [0.1, 0.15) is 45.4 Å². The lowest BCUT2D eigenvalue weighted by molar-refractivity contribution is -0.143. The Morgan fingerprint density at radius 3 is 2.68 bits per heavy atom. The third-order valence-electron chi connectivity index (χ3n) is 4.32. The van der Waals surface area contributed by atoms with Crippen molar-refractivity contribution in [3.63, 3.8) is 0 Å². The van der Waals surface area contributed by atoms with Crippen LogP contribution >= 0.6 is 0 Å². The number of aliphatic carboxylic acids is 1. The number of carboxylic acid groups (broad SMARTS) is 1. The smallest absolute Gasteiger partial charge is 0.317 e. The zero-order valence-electron chi connectivity index (χ0n) is 11.6. The van der Waals surface area contributed by atoms with E-state index in [9.17, 15) is 9.59 Å². The molecule has 0 aromatic carbocycles. The van der Waals surface area contributed by atoms with Gasteiger partial charge in [-0.05, 0) is 31.6 Å². The number of carbonyl (C=O) groups is 2. The van der Waals surface area contributed by atoms with E-state index >= 15 is 0 Å². The molecule has 5 heteroatoms. The molecule has 19 heavy (non-hydrogen) atoms. The molecule has 1 heterocycles. The Morgan fingerprint density at radius 1 is 1.21 bits per heavy atom. The van der Waals surface area contributed by atoms with Crippen molar-refractivity contribution in [2.75, 3.05) is 13.1 Å². The predicted octanol–water partition coefficient (Wildman–Crippen LogP) is 2.07. The highest BCUT2D eigenvalue weighted by molar-refractivity contribution is 5.76. The van der Waals surface area contributed by atoms with Gasteiger partial charge in [0.2, 0.25) is 0 Å². The highest BCUT2D eigenvalue weighted by Gasteiger charge is 2.29. The van der Waals surface area contributed by atoms with Crippen LogP contribution in [0.25, 0.3) is 0 Å². The van der Waals surface area contributed by atoms with Crippen molar-refractivity contribution in [2.45, 2.75) is 51.5 Å². The lowest BCUT2D eigenvalue weighted by atomic mass is 9.87. The fourth-order valence-corrected chi connectivity index (χ4v) is 3.19. The summed E-state index contributed by atoms with van der Waals surface area (Å²) in [5.74, 6) is -0.513. The van der Waals surface area contributed by atoms with Crippen molar-refractivity contribution in [3.8, 4) is 0 Å². The number of hydrogen-bond acceptors (Lipinski definition) is 2. The number of rotatable bonds is 2. The molecule has 2 N–H and O–H groups in total. The summed E-state index contributed by atoms with van der Waals surface area (Å²) in [7, 11) is 0. The number of nitrogens with one attached hydrogen (secondary N) is 1. The monoisotopic (exact) mass is 268 g/mol. The minimum absolute atomic E-state index is 0.0787. The Morgan fingerprint density at radius 2 is 2.00 bits per heavy atom. The first-order chi connectivity index (χ1) is 9.06. The SMILES string of the molecule is CC1CCCC(NC(=O)N2CCC[C@@H](C(=O)O)C2)C1. The average molecular weight is 268 g/mol. The van der Waals surface area contributed by atoms with Gasteiger partial charge in [-0.15, -0.1) is 0 Å². The molecular weight excluding hydrogens is 244 g/mol. The van der Waals surface area contributed by atoms with E-state index in [1.54, 1.807) is 4.90 Å². The second-order valence-corrected chi connectivity index (χ2v) is 6.04. The molecule has 1 saturated heterocycles. The maximum atomic E-state index is 12.2. The lowest BCUT2D eigenvalue weighted by Crippen LogP contribution is -2.50. The van der Waals surface area contributed by atoms with Crippen LogP contribution in [0.15, 0.2) is 0 Å². The molecule has 1 saturated carbocycles. The average Bonchev–Trinajstić information content (AvgIpc) is 2.39. The molecule has 1 aliphatic heterocycles.